The maximum Gasteiger partial charge on any atom is 0.352 e. The number of β-lactam (4-membered cyclic amide) rings is 1. The van der Waals surface area contributed by atoms with Gasteiger partial charge in [0.05, 0.1) is 11.9 Å². The second-order valence-corrected chi connectivity index (χ2v) is 13.7. The Bertz CT molecular complexity index is 2060. The Kier molecular flexibility index (Phi) is 10.8. The zero-order chi connectivity index (χ0) is 38.8. The van der Waals surface area contributed by atoms with Crippen molar-refractivity contribution in [2.24, 2.45) is 15.9 Å². The van der Waals surface area contributed by atoms with Crippen LogP contribution in [0.2, 0.25) is 0 Å². The molecule has 23 nitrogen and oxygen atoms in total. The summed E-state index contributed by atoms with van der Waals surface area (Å²) in [6, 6.07) is -0.418. The van der Waals surface area contributed by atoms with Crippen molar-refractivity contribution in [3.8, 4) is 5.75 Å². The predicted octanol–water partition coefficient (Wildman–Crippen LogP) is -2.96. The van der Waals surface area contributed by atoms with Crippen molar-refractivity contribution >= 4 is 69.6 Å². The first-order valence-corrected chi connectivity index (χ1v) is 17.0. The molecule has 2 aromatic heterocycles. The topological polar surface area (TPSA) is 343 Å². The Morgan fingerprint density at radius 1 is 1.17 bits per heavy atom. The van der Waals surface area contributed by atoms with E-state index in [9.17, 15) is 49.3 Å². The molecule has 1 unspecified atom stereocenters. The molecule has 0 aliphatic carbocycles. The summed E-state index contributed by atoms with van der Waals surface area (Å²) in [5, 5.41) is 49.5. The number of fused-ring (bicyclic) bond motifs is 1. The van der Waals surface area contributed by atoms with Crippen LogP contribution >= 0.6 is 23.3 Å². The Morgan fingerprint density at radius 3 is 2.57 bits per heavy atom. The van der Waals surface area contributed by atoms with E-state index >= 15 is 0 Å². The number of aromatic hydroxyl groups is 1. The maximum absolute atomic E-state index is 13.3. The number of thioether (sulfide) groups is 1. The summed E-state index contributed by atoms with van der Waals surface area (Å²) < 4.78 is 4.23. The van der Waals surface area contributed by atoms with Gasteiger partial charge >= 0.3 is 11.9 Å². The van der Waals surface area contributed by atoms with Gasteiger partial charge in [-0.1, -0.05) is 5.16 Å². The van der Waals surface area contributed by atoms with E-state index in [-0.39, 0.29) is 54.5 Å². The number of carbonyl (C=O) groups is 5. The van der Waals surface area contributed by atoms with Crippen LogP contribution in [0.5, 0.6) is 5.75 Å². The molecular weight excluding hydrogens is 745 g/mol. The molecule has 3 aliphatic heterocycles. The van der Waals surface area contributed by atoms with E-state index in [1.807, 2.05) is 0 Å². The molecule has 25 heteroatoms. The number of hydrogen-bond acceptors (Lipinski definition) is 19. The van der Waals surface area contributed by atoms with Gasteiger partial charge in [0.1, 0.15) is 35.3 Å². The molecule has 0 radical (unpaired) electrons. The van der Waals surface area contributed by atoms with Crippen molar-refractivity contribution < 1.29 is 49.3 Å². The highest BCUT2D eigenvalue weighted by Crippen LogP contribution is 2.40. The van der Waals surface area contributed by atoms with Crippen molar-refractivity contribution in [3.05, 3.63) is 57.2 Å². The standard InChI is InChI=1S/C28H32N12O11S2/c1-28(2,26(48)49)51-36-16(20-35-27(30)53-37-20)22(44)34-17-23(45)40-18(25(46)47)11(9-52-24(17)40)6-38-7-12(19(29)33-10-38)31-3-4-32-21(43)13-5-14(41)15(42)8-39(13)50/h5,7-8,17,24,31,42,50H,3-4,6,9-10H2,1-2H3,(H2,29,33)(H,32,43)(H,34,44)(H,46,47)(H,48,49)(H2,30,35,37)/b36-16-/t17-,24?/m1/s1. The first-order valence-electron chi connectivity index (χ1n) is 15.2. The highest BCUT2D eigenvalue weighted by molar-refractivity contribution is 8.00. The molecule has 2 atom stereocenters. The number of carboxylic acids is 2. The van der Waals surface area contributed by atoms with Crippen LogP contribution in [0.25, 0.3) is 0 Å². The fourth-order valence-electron chi connectivity index (χ4n) is 4.89. The number of carbonyl (C=O) groups excluding carboxylic acids is 3. The minimum atomic E-state index is -1.84. The number of nitrogen functional groups attached to an aromatic ring is 1. The molecule has 3 amide bonds. The third-order valence-corrected chi connectivity index (χ3v) is 9.54. The van der Waals surface area contributed by atoms with Crippen molar-refractivity contribution in [3.63, 3.8) is 0 Å². The Labute approximate surface area is 305 Å². The Balaban J connectivity index is 1.23. The summed E-state index contributed by atoms with van der Waals surface area (Å²) in [6.07, 6.45) is 2.28. The summed E-state index contributed by atoms with van der Waals surface area (Å²) >= 11 is 1.93. The van der Waals surface area contributed by atoms with Crippen LogP contribution in [0.1, 0.15) is 30.2 Å². The highest BCUT2D eigenvalue weighted by atomic mass is 32.2. The summed E-state index contributed by atoms with van der Waals surface area (Å²) in [5.41, 5.74) is 8.47. The third-order valence-electron chi connectivity index (χ3n) is 7.66. The number of hydrogen-bond donors (Lipinski definition) is 9. The second-order valence-electron chi connectivity index (χ2n) is 11.8. The Morgan fingerprint density at radius 2 is 1.91 bits per heavy atom. The number of rotatable bonds is 14. The molecule has 5 rings (SSSR count). The van der Waals surface area contributed by atoms with Crippen LogP contribution in [-0.4, -0.2) is 135 Å². The number of pyridine rings is 1. The molecule has 0 bridgehead atoms. The normalized spacial score (nSPS) is 18.7. The van der Waals surface area contributed by atoms with Crippen LogP contribution < -0.4 is 32.8 Å². The molecular formula is C28H32N12O11S2. The first kappa shape index (κ1) is 37.9. The summed E-state index contributed by atoms with van der Waals surface area (Å²) in [4.78, 5) is 90.5. The number of nitrogens with one attached hydrogen (secondary N) is 3. The molecule has 5 heterocycles. The number of amides is 3. The van der Waals surface area contributed by atoms with E-state index in [1.165, 1.54) is 25.6 Å². The third kappa shape index (κ3) is 8.09. The number of aromatic nitrogens is 3. The fraction of sp³-hybridized carbons (Fsp3) is 0.357. The summed E-state index contributed by atoms with van der Waals surface area (Å²) in [6.45, 7) is 2.60. The molecule has 11 N–H and O–H groups in total. The molecule has 1 fully saturated rings. The second kappa shape index (κ2) is 15.1. The lowest BCUT2D eigenvalue weighted by atomic mass is 10.0. The average Bonchev–Trinajstić information content (AvgIpc) is 3.53. The fourth-order valence-corrected chi connectivity index (χ4v) is 6.66. The van der Waals surface area contributed by atoms with E-state index in [0.717, 1.165) is 22.5 Å². The minimum absolute atomic E-state index is 0.00861. The summed E-state index contributed by atoms with van der Waals surface area (Å²) in [7, 11) is 0. The van der Waals surface area contributed by atoms with Crippen LogP contribution in [0.4, 0.5) is 5.13 Å². The van der Waals surface area contributed by atoms with Crippen molar-refractivity contribution in [2.75, 3.05) is 37.8 Å². The van der Waals surface area contributed by atoms with Crippen molar-refractivity contribution in [1.29, 1.82) is 0 Å². The van der Waals surface area contributed by atoms with Crippen LogP contribution in [0, 0.1) is 0 Å². The number of carboxylic acid groups (broad SMARTS) is 2. The van der Waals surface area contributed by atoms with Crippen LogP contribution in [-0.2, 0) is 24.0 Å². The molecule has 0 aromatic carbocycles. The van der Waals surface area contributed by atoms with Gasteiger partial charge in [0.2, 0.25) is 22.6 Å². The number of aliphatic imine (C=N–C) groups is 1. The van der Waals surface area contributed by atoms with Crippen molar-refractivity contribution in [1.82, 2.24) is 39.8 Å². The number of nitrogens with two attached hydrogens (primary N) is 2. The van der Waals surface area contributed by atoms with E-state index in [0.29, 0.717) is 22.2 Å². The highest BCUT2D eigenvalue weighted by Gasteiger charge is 2.54. The lowest BCUT2D eigenvalue weighted by Crippen LogP contribution is -2.71. The van der Waals surface area contributed by atoms with Gasteiger partial charge in [-0.05, 0) is 19.4 Å². The van der Waals surface area contributed by atoms with Gasteiger partial charge in [0.25, 0.3) is 17.7 Å². The van der Waals surface area contributed by atoms with Gasteiger partial charge in [0, 0.05) is 49.2 Å². The molecule has 2 aromatic rings. The monoisotopic (exact) mass is 776 g/mol. The van der Waals surface area contributed by atoms with Gasteiger partial charge in [-0.2, -0.15) is 14.1 Å². The van der Waals surface area contributed by atoms with Crippen molar-refractivity contribution in [2.45, 2.75) is 30.9 Å². The number of oxime groups is 1. The zero-order valence-electron chi connectivity index (χ0n) is 27.7. The lowest BCUT2D eigenvalue weighted by molar-refractivity contribution is -0.161. The zero-order valence-corrected chi connectivity index (χ0v) is 29.3. The number of anilines is 1. The summed E-state index contributed by atoms with van der Waals surface area (Å²) in [5.74, 6) is -5.99. The van der Waals surface area contributed by atoms with Crippen LogP contribution in [0.3, 0.4) is 0 Å². The van der Waals surface area contributed by atoms with E-state index in [1.54, 1.807) is 11.1 Å². The van der Waals surface area contributed by atoms with E-state index in [2.05, 4.69) is 35.5 Å². The lowest BCUT2D eigenvalue weighted by Gasteiger charge is -2.49. The molecule has 53 heavy (non-hydrogen) atoms. The smallest absolute Gasteiger partial charge is 0.352 e. The predicted molar refractivity (Wildman–Crippen MR) is 185 cm³/mol. The minimum Gasteiger partial charge on any atom is -0.503 e. The molecule has 0 saturated carbocycles. The van der Waals surface area contributed by atoms with Gasteiger partial charge in [-0.25, -0.2) is 14.6 Å². The average molecular weight is 777 g/mol. The number of amidine groups is 1. The largest absolute Gasteiger partial charge is 0.503 e. The number of aliphatic carboxylic acids is 2. The van der Waals surface area contributed by atoms with E-state index in [4.69, 9.17) is 16.3 Å². The maximum atomic E-state index is 13.3. The van der Waals surface area contributed by atoms with Gasteiger partial charge in [-0.3, -0.25) is 24.1 Å². The molecule has 0 spiro atoms. The van der Waals surface area contributed by atoms with Gasteiger partial charge in [0.15, 0.2) is 10.9 Å². The van der Waals surface area contributed by atoms with Gasteiger partial charge < -0.3 is 57.7 Å². The molecule has 3 aliphatic rings. The molecule has 282 valence electrons. The first-order chi connectivity index (χ1) is 25.0. The number of nitrogens with zero attached hydrogens (tertiary/aromatic N) is 7. The SMILES string of the molecule is CC(C)(O/N=C(\C(=O)N[C@@H]1C(=O)N2C(C(=O)O)=C(CN3C=C(NCCNC(=O)c4cc(=O)c(O)cn4O)C(N)=NC3)CSC12)c1nsc(N)n1)C(=O)O. The van der Waals surface area contributed by atoms with Crippen LogP contribution in [0.15, 0.2) is 50.4 Å². The molecule has 1 saturated heterocycles. The Hall–Kier alpha value is -6.37. The van der Waals surface area contributed by atoms with E-state index < -0.39 is 69.3 Å². The van der Waals surface area contributed by atoms with Gasteiger partial charge in [-0.15, -0.1) is 11.8 Å². The quantitative estimate of drug-likeness (QED) is 0.0304.